The van der Waals surface area contributed by atoms with Crippen molar-refractivity contribution in [2.45, 2.75) is 77.9 Å². The van der Waals surface area contributed by atoms with E-state index in [2.05, 4.69) is 32.6 Å². The number of nitrogens with two attached hydrogens (primary N) is 1. The molecular weight excluding hydrogens is 196 g/mol. The number of nitrogens with zero attached hydrogens (tertiary/aromatic N) is 1. The molecule has 0 aliphatic carbocycles. The molecule has 0 bridgehead atoms. The molecule has 1 aliphatic heterocycles. The van der Waals surface area contributed by atoms with Gasteiger partial charge in [-0.2, -0.15) is 0 Å². The summed E-state index contributed by atoms with van der Waals surface area (Å²) in [6.07, 6.45) is 6.58. The smallest absolute Gasteiger partial charge is 0.0249 e. The summed E-state index contributed by atoms with van der Waals surface area (Å²) in [5, 5.41) is 0. The van der Waals surface area contributed by atoms with Gasteiger partial charge in [0.2, 0.25) is 0 Å². The average molecular weight is 226 g/mol. The Bertz CT molecular complexity index is 193. The maximum atomic E-state index is 6.02. The molecule has 0 amide bonds. The van der Waals surface area contributed by atoms with E-state index in [0.29, 0.717) is 6.04 Å². The lowest BCUT2D eigenvalue weighted by atomic mass is 9.94. The van der Waals surface area contributed by atoms with Gasteiger partial charge < -0.3 is 5.73 Å². The highest BCUT2D eigenvalue weighted by Crippen LogP contribution is 2.31. The summed E-state index contributed by atoms with van der Waals surface area (Å²) in [6.45, 7) is 10.2. The van der Waals surface area contributed by atoms with E-state index >= 15 is 0 Å². The summed E-state index contributed by atoms with van der Waals surface area (Å²) in [5.41, 5.74) is 6.02. The minimum atomic E-state index is 0.599. The third kappa shape index (κ3) is 2.98. The summed E-state index contributed by atoms with van der Waals surface area (Å²) >= 11 is 0. The van der Waals surface area contributed by atoms with Gasteiger partial charge in [0.05, 0.1) is 0 Å². The lowest BCUT2D eigenvalue weighted by molar-refractivity contribution is 0.0960. The van der Waals surface area contributed by atoms with Crippen LogP contribution in [0.15, 0.2) is 0 Å². The fourth-order valence-electron chi connectivity index (χ4n) is 3.40. The highest BCUT2D eigenvalue weighted by molar-refractivity contribution is 4.91. The van der Waals surface area contributed by atoms with Crippen LogP contribution in [0, 0.1) is 5.92 Å². The Morgan fingerprint density at radius 3 is 2.50 bits per heavy atom. The largest absolute Gasteiger partial charge is 0.329 e. The third-order valence-corrected chi connectivity index (χ3v) is 4.34. The van der Waals surface area contributed by atoms with Crippen molar-refractivity contribution in [2.75, 3.05) is 6.54 Å². The molecule has 1 rings (SSSR count). The van der Waals surface area contributed by atoms with Gasteiger partial charge in [0.1, 0.15) is 0 Å². The summed E-state index contributed by atoms with van der Waals surface area (Å²) in [6, 6.07) is 2.11. The first-order chi connectivity index (χ1) is 7.65. The predicted molar refractivity (Wildman–Crippen MR) is 71.5 cm³/mol. The minimum absolute atomic E-state index is 0.599. The van der Waals surface area contributed by atoms with E-state index in [1.165, 1.54) is 32.1 Å². The van der Waals surface area contributed by atoms with Gasteiger partial charge in [0.25, 0.3) is 0 Å². The maximum Gasteiger partial charge on any atom is 0.0249 e. The van der Waals surface area contributed by atoms with Crippen LogP contribution in [-0.2, 0) is 0 Å². The Morgan fingerprint density at radius 1 is 1.31 bits per heavy atom. The van der Waals surface area contributed by atoms with E-state index in [1.807, 2.05) is 0 Å². The molecule has 0 saturated carbocycles. The van der Waals surface area contributed by atoms with Crippen molar-refractivity contribution in [2.24, 2.45) is 11.7 Å². The molecule has 1 fully saturated rings. The Balaban J connectivity index is 2.69. The monoisotopic (exact) mass is 226 g/mol. The fourth-order valence-corrected chi connectivity index (χ4v) is 3.40. The lowest BCUT2D eigenvalue weighted by Crippen LogP contribution is -2.50. The van der Waals surface area contributed by atoms with E-state index in [-0.39, 0.29) is 0 Å². The summed E-state index contributed by atoms with van der Waals surface area (Å²) in [4.78, 5) is 2.72. The number of hydrogen-bond acceptors (Lipinski definition) is 2. The third-order valence-electron chi connectivity index (χ3n) is 4.34. The molecule has 1 saturated heterocycles. The molecule has 16 heavy (non-hydrogen) atoms. The summed E-state index contributed by atoms with van der Waals surface area (Å²) in [5.74, 6) is 0.740. The Hall–Kier alpha value is -0.0800. The molecular formula is C14H30N2. The predicted octanol–water partition coefficient (Wildman–Crippen LogP) is 3.01. The maximum absolute atomic E-state index is 6.02. The van der Waals surface area contributed by atoms with E-state index in [0.717, 1.165) is 24.5 Å². The number of likely N-dealkylation sites (tertiary alicyclic amines) is 1. The average Bonchev–Trinajstić information content (AvgIpc) is 2.62. The number of rotatable bonds is 6. The molecule has 0 aromatic heterocycles. The van der Waals surface area contributed by atoms with Crippen LogP contribution in [-0.4, -0.2) is 29.6 Å². The van der Waals surface area contributed by atoms with Gasteiger partial charge in [-0.05, 0) is 38.5 Å². The van der Waals surface area contributed by atoms with Gasteiger partial charge in [-0.15, -0.1) is 0 Å². The lowest BCUT2D eigenvalue weighted by Gasteiger charge is -2.39. The van der Waals surface area contributed by atoms with Crippen LogP contribution >= 0.6 is 0 Å². The molecule has 1 heterocycles. The van der Waals surface area contributed by atoms with Crippen LogP contribution in [0.4, 0.5) is 0 Å². The second kappa shape index (κ2) is 6.61. The van der Waals surface area contributed by atoms with Gasteiger partial charge in [0, 0.05) is 24.7 Å². The Labute approximate surface area is 102 Å². The van der Waals surface area contributed by atoms with Crippen molar-refractivity contribution in [3.05, 3.63) is 0 Å². The number of hydrogen-bond donors (Lipinski definition) is 1. The summed E-state index contributed by atoms with van der Waals surface area (Å²) in [7, 11) is 0. The van der Waals surface area contributed by atoms with E-state index in [9.17, 15) is 0 Å². The second-order valence-corrected chi connectivity index (χ2v) is 5.50. The Morgan fingerprint density at radius 2 is 2.00 bits per heavy atom. The van der Waals surface area contributed by atoms with Gasteiger partial charge >= 0.3 is 0 Å². The molecule has 2 nitrogen and oxygen atoms in total. The minimum Gasteiger partial charge on any atom is -0.329 e. The standard InChI is InChI=1S/C14H30N2/c1-5-7-11(3)14(10-15)16-12(4)8-9-13(16)6-2/h11-14H,5-10,15H2,1-4H3. The van der Waals surface area contributed by atoms with Crippen LogP contribution in [0.25, 0.3) is 0 Å². The van der Waals surface area contributed by atoms with Crippen molar-refractivity contribution in [1.82, 2.24) is 4.90 Å². The van der Waals surface area contributed by atoms with Gasteiger partial charge in [-0.25, -0.2) is 0 Å². The molecule has 0 radical (unpaired) electrons. The van der Waals surface area contributed by atoms with Crippen molar-refractivity contribution in [3.63, 3.8) is 0 Å². The molecule has 0 aromatic rings. The second-order valence-electron chi connectivity index (χ2n) is 5.50. The van der Waals surface area contributed by atoms with Crippen molar-refractivity contribution in [3.8, 4) is 0 Å². The first kappa shape index (κ1) is 14.0. The van der Waals surface area contributed by atoms with Crippen LogP contribution in [0.1, 0.15) is 59.8 Å². The molecule has 1 aliphatic rings. The first-order valence-electron chi connectivity index (χ1n) is 7.13. The topological polar surface area (TPSA) is 29.3 Å². The van der Waals surface area contributed by atoms with Crippen LogP contribution in [0.2, 0.25) is 0 Å². The van der Waals surface area contributed by atoms with Gasteiger partial charge in [-0.3, -0.25) is 4.90 Å². The fraction of sp³-hybridized carbons (Fsp3) is 1.00. The zero-order valence-electron chi connectivity index (χ0n) is 11.6. The van der Waals surface area contributed by atoms with E-state index in [4.69, 9.17) is 5.73 Å². The van der Waals surface area contributed by atoms with Crippen molar-refractivity contribution >= 4 is 0 Å². The quantitative estimate of drug-likeness (QED) is 0.754. The summed E-state index contributed by atoms with van der Waals surface area (Å²) < 4.78 is 0. The highest BCUT2D eigenvalue weighted by atomic mass is 15.2. The normalized spacial score (nSPS) is 30.6. The van der Waals surface area contributed by atoms with Crippen LogP contribution in [0.5, 0.6) is 0 Å². The highest BCUT2D eigenvalue weighted by Gasteiger charge is 2.35. The van der Waals surface area contributed by atoms with E-state index in [1.54, 1.807) is 0 Å². The van der Waals surface area contributed by atoms with Gasteiger partial charge in [0.15, 0.2) is 0 Å². The van der Waals surface area contributed by atoms with Crippen LogP contribution in [0.3, 0.4) is 0 Å². The van der Waals surface area contributed by atoms with Crippen molar-refractivity contribution < 1.29 is 0 Å². The molecule has 96 valence electrons. The van der Waals surface area contributed by atoms with Gasteiger partial charge in [-0.1, -0.05) is 27.2 Å². The zero-order chi connectivity index (χ0) is 12.1. The first-order valence-corrected chi connectivity index (χ1v) is 7.13. The molecule has 0 spiro atoms. The molecule has 2 heteroatoms. The zero-order valence-corrected chi connectivity index (χ0v) is 11.6. The molecule has 2 N–H and O–H groups in total. The molecule has 0 aromatic carbocycles. The van der Waals surface area contributed by atoms with Crippen molar-refractivity contribution in [1.29, 1.82) is 0 Å². The van der Waals surface area contributed by atoms with Crippen LogP contribution < -0.4 is 5.73 Å². The SMILES string of the molecule is CCCC(C)C(CN)N1C(C)CCC1CC. The molecule has 4 unspecified atom stereocenters. The van der Waals surface area contributed by atoms with E-state index < -0.39 is 0 Å². The Kier molecular flexibility index (Phi) is 5.77. The molecule has 4 atom stereocenters.